The van der Waals surface area contributed by atoms with E-state index in [1.54, 1.807) is 0 Å². The van der Waals surface area contributed by atoms with Crippen molar-refractivity contribution in [2.75, 3.05) is 0 Å². The van der Waals surface area contributed by atoms with Crippen molar-refractivity contribution in [1.29, 1.82) is 0 Å². The topological polar surface area (TPSA) is 0 Å². The zero-order chi connectivity index (χ0) is 31.3. The minimum absolute atomic E-state index is 0.289. The number of allylic oxidation sites excluding steroid dienone is 3. The monoisotopic (exact) mass is 632 g/mol. The van der Waals surface area contributed by atoms with Gasteiger partial charge in [-0.15, -0.1) is 11.3 Å². The number of fused-ring (bicyclic) bond motifs is 12. The van der Waals surface area contributed by atoms with Crippen LogP contribution in [0.1, 0.15) is 45.2 Å². The van der Waals surface area contributed by atoms with E-state index in [1.165, 1.54) is 129 Å². The average Bonchev–Trinajstić information content (AvgIpc) is 3.80. The molecule has 222 valence electrons. The van der Waals surface area contributed by atoms with E-state index in [2.05, 4.69) is 134 Å². The Morgan fingerprint density at radius 3 is 2.08 bits per heavy atom. The molecule has 0 radical (unpaired) electrons. The highest BCUT2D eigenvalue weighted by atomic mass is 32.1. The Hall–Kier alpha value is -5.76. The second-order valence-corrected chi connectivity index (χ2v) is 15.6. The van der Waals surface area contributed by atoms with Gasteiger partial charge in [0.05, 0.1) is 0 Å². The Bertz CT molecular complexity index is 3380. The van der Waals surface area contributed by atoms with Crippen molar-refractivity contribution in [2.45, 2.75) is 11.8 Å². The molecule has 1 heteroatoms. The molecule has 5 aliphatic carbocycles. The molecule has 14 rings (SSSR count). The van der Waals surface area contributed by atoms with Gasteiger partial charge in [-0.3, -0.25) is 0 Å². The molecule has 5 aliphatic rings. The molecule has 0 aliphatic heterocycles. The lowest BCUT2D eigenvalue weighted by Gasteiger charge is -2.32. The quantitative estimate of drug-likeness (QED) is 0.115. The van der Waals surface area contributed by atoms with Crippen molar-refractivity contribution in [1.82, 2.24) is 0 Å². The fraction of sp³-hybridized carbons (Fsp3) is 0.0417. The predicted molar refractivity (Wildman–Crippen MR) is 210 cm³/mol. The van der Waals surface area contributed by atoms with Crippen molar-refractivity contribution in [2.24, 2.45) is 0 Å². The van der Waals surface area contributed by atoms with Gasteiger partial charge in [-0.25, -0.2) is 0 Å². The molecule has 1 aromatic heterocycles. The summed E-state index contributed by atoms with van der Waals surface area (Å²) in [5, 5.41) is 16.9. The maximum absolute atomic E-state index is 2.48. The first-order valence-corrected chi connectivity index (χ1v) is 18.2. The van der Waals surface area contributed by atoms with Crippen LogP contribution in [0.3, 0.4) is 0 Å². The third-order valence-corrected chi connectivity index (χ3v) is 13.9. The molecule has 2 unspecified atom stereocenters. The van der Waals surface area contributed by atoms with Crippen LogP contribution in [0, 0.1) is 0 Å². The highest BCUT2D eigenvalue weighted by Crippen LogP contribution is 2.57. The molecular formula is C48H24S. The molecule has 0 fully saturated rings. The van der Waals surface area contributed by atoms with Gasteiger partial charge in [0.25, 0.3) is 0 Å². The molecule has 8 aromatic carbocycles. The molecule has 49 heavy (non-hydrogen) atoms. The van der Waals surface area contributed by atoms with Gasteiger partial charge in [0, 0.05) is 31.7 Å². The van der Waals surface area contributed by atoms with E-state index in [9.17, 15) is 0 Å². The van der Waals surface area contributed by atoms with Crippen molar-refractivity contribution in [3.63, 3.8) is 0 Å². The lowest BCUT2D eigenvalue weighted by atomic mass is 9.71. The van der Waals surface area contributed by atoms with E-state index in [0.717, 1.165) is 0 Å². The smallest absolute Gasteiger partial charge is 0.0400 e. The van der Waals surface area contributed by atoms with Gasteiger partial charge in [0.2, 0.25) is 0 Å². The zero-order valence-corrected chi connectivity index (χ0v) is 27.1. The fourth-order valence-corrected chi connectivity index (χ4v) is 12.2. The normalized spacial score (nSPS) is 18.7. The lowest BCUT2D eigenvalue weighted by molar-refractivity contribution is 1.08. The molecule has 0 saturated carbocycles. The molecule has 0 nitrogen and oxygen atoms in total. The Morgan fingerprint density at radius 2 is 1.14 bits per heavy atom. The summed E-state index contributed by atoms with van der Waals surface area (Å²) in [6.45, 7) is 0. The van der Waals surface area contributed by atoms with E-state index in [1.807, 2.05) is 11.3 Å². The summed E-state index contributed by atoms with van der Waals surface area (Å²) in [5.74, 6) is 0.605. The second kappa shape index (κ2) is 7.92. The molecule has 1 heterocycles. The largest absolute Gasteiger partial charge is 0.135 e. The minimum Gasteiger partial charge on any atom is -0.135 e. The SMILES string of the molecule is C1=Cc2c3c(c4cccc5c6c7c8c9c(ccc8c8cccc(c2c45)c86)-c2ccccc2C9C=C7)C=CC2=c4c(sc5ccccc45)=C1C23. The lowest BCUT2D eigenvalue weighted by Crippen LogP contribution is -2.17. The van der Waals surface area contributed by atoms with Crippen LogP contribution in [0.2, 0.25) is 0 Å². The van der Waals surface area contributed by atoms with Crippen molar-refractivity contribution >= 4 is 105 Å². The number of benzene rings is 8. The summed E-state index contributed by atoms with van der Waals surface area (Å²) in [7, 11) is 0. The summed E-state index contributed by atoms with van der Waals surface area (Å²) in [6.07, 6.45) is 14.8. The molecular weight excluding hydrogens is 609 g/mol. The van der Waals surface area contributed by atoms with E-state index in [-0.39, 0.29) is 5.92 Å². The molecule has 0 N–H and O–H groups in total. The summed E-state index contributed by atoms with van der Waals surface area (Å²) in [4.78, 5) is 0. The maximum Gasteiger partial charge on any atom is 0.0400 e. The number of rotatable bonds is 0. The van der Waals surface area contributed by atoms with Crippen LogP contribution in [0.25, 0.3) is 104 Å². The van der Waals surface area contributed by atoms with Crippen LogP contribution in [-0.2, 0) is 0 Å². The molecule has 0 spiro atoms. The van der Waals surface area contributed by atoms with Gasteiger partial charge in [0.1, 0.15) is 0 Å². The predicted octanol–water partition coefficient (Wildman–Crippen LogP) is 11.4. The molecule has 0 amide bonds. The van der Waals surface area contributed by atoms with Gasteiger partial charge in [0.15, 0.2) is 0 Å². The fourth-order valence-electron chi connectivity index (χ4n) is 11.0. The molecule has 0 saturated heterocycles. The Labute approximate surface area is 284 Å². The van der Waals surface area contributed by atoms with Crippen LogP contribution in [0.4, 0.5) is 0 Å². The van der Waals surface area contributed by atoms with Crippen LogP contribution >= 0.6 is 11.3 Å². The highest BCUT2D eigenvalue weighted by molar-refractivity contribution is 7.17. The summed E-state index contributed by atoms with van der Waals surface area (Å²) in [5.41, 5.74) is 14.4. The first kappa shape index (κ1) is 24.4. The van der Waals surface area contributed by atoms with Crippen molar-refractivity contribution < 1.29 is 0 Å². The first-order valence-electron chi connectivity index (χ1n) is 17.4. The maximum atomic E-state index is 2.48. The Morgan fingerprint density at radius 1 is 0.429 bits per heavy atom. The van der Waals surface area contributed by atoms with Gasteiger partial charge in [-0.2, -0.15) is 0 Å². The Kier molecular flexibility index (Phi) is 3.94. The minimum atomic E-state index is 0.289. The average molecular weight is 633 g/mol. The standard InChI is InChI=1S/C48H24S/c1-2-8-24-23(7-1)27-15-16-29-25-10-5-13-33-40(25)44(34-19-17-28(24)39(27)42(29)34)32-12-6-11-26-30-18-20-36-46-37(22-21-35(43(30)46)45(33)41(26)32)48-47(36)31-9-3-4-14-38(31)49-48/h1-22,28,46H. The van der Waals surface area contributed by atoms with Crippen molar-refractivity contribution in [3.05, 3.63) is 158 Å². The molecule has 0 bridgehead atoms. The van der Waals surface area contributed by atoms with E-state index in [4.69, 9.17) is 0 Å². The zero-order valence-electron chi connectivity index (χ0n) is 26.3. The number of thiophene rings is 1. The molecule has 9 aromatic rings. The summed E-state index contributed by atoms with van der Waals surface area (Å²) < 4.78 is 2.85. The van der Waals surface area contributed by atoms with Gasteiger partial charge < -0.3 is 0 Å². The van der Waals surface area contributed by atoms with Crippen LogP contribution in [-0.4, -0.2) is 0 Å². The van der Waals surface area contributed by atoms with Gasteiger partial charge >= 0.3 is 0 Å². The van der Waals surface area contributed by atoms with E-state index >= 15 is 0 Å². The third-order valence-electron chi connectivity index (χ3n) is 12.7. The van der Waals surface area contributed by atoms with Crippen LogP contribution < -0.4 is 9.75 Å². The number of hydrogen-bond donors (Lipinski definition) is 0. The highest BCUT2D eigenvalue weighted by Gasteiger charge is 2.38. The second-order valence-electron chi connectivity index (χ2n) is 14.5. The number of hydrogen-bond acceptors (Lipinski definition) is 1. The summed E-state index contributed by atoms with van der Waals surface area (Å²) in [6, 6.07) is 37.0. The van der Waals surface area contributed by atoms with Crippen molar-refractivity contribution in [3.8, 4) is 11.1 Å². The van der Waals surface area contributed by atoms with Crippen LogP contribution in [0.5, 0.6) is 0 Å². The van der Waals surface area contributed by atoms with E-state index in [0.29, 0.717) is 5.92 Å². The molecule has 2 atom stereocenters. The Balaban J connectivity index is 1.20. The van der Waals surface area contributed by atoms with E-state index < -0.39 is 0 Å². The van der Waals surface area contributed by atoms with Gasteiger partial charge in [-0.1, -0.05) is 127 Å². The van der Waals surface area contributed by atoms with Gasteiger partial charge in [-0.05, 0) is 116 Å². The first-order chi connectivity index (χ1) is 24.3. The van der Waals surface area contributed by atoms with Crippen LogP contribution in [0.15, 0.2) is 115 Å². The summed E-state index contributed by atoms with van der Waals surface area (Å²) >= 11 is 1.97. The third kappa shape index (κ3) is 2.54.